The van der Waals surface area contributed by atoms with Gasteiger partial charge in [-0.15, -0.1) is 10.2 Å². The molecule has 10 heteroatoms. The fourth-order valence-electron chi connectivity index (χ4n) is 2.72. The Bertz CT molecular complexity index is 1160. The van der Waals surface area contributed by atoms with Gasteiger partial charge in [-0.25, -0.2) is 13.1 Å². The number of nitrogens with zero attached hydrogens (tertiary/aromatic N) is 2. The number of sulfonamides is 1. The summed E-state index contributed by atoms with van der Waals surface area (Å²) in [4.78, 5) is 12.3. The maximum Gasteiger partial charge on any atom is 0.269 e. The van der Waals surface area contributed by atoms with Gasteiger partial charge in [0.15, 0.2) is 0 Å². The molecule has 0 atom stereocenters. The summed E-state index contributed by atoms with van der Waals surface area (Å²) in [5, 5.41) is 10.1. The molecule has 0 aliphatic carbocycles. The van der Waals surface area contributed by atoms with Gasteiger partial charge in [-0.05, 0) is 44.0 Å². The van der Waals surface area contributed by atoms with Gasteiger partial charge in [0.25, 0.3) is 15.9 Å². The monoisotopic (exact) mass is 446 g/mol. The first kappa shape index (κ1) is 21.9. The minimum Gasteiger partial charge on any atom is -0.492 e. The minimum absolute atomic E-state index is 0.0696. The van der Waals surface area contributed by atoms with E-state index in [0.29, 0.717) is 11.3 Å². The highest BCUT2D eigenvalue weighted by Crippen LogP contribution is 2.21. The predicted molar refractivity (Wildman–Crippen MR) is 116 cm³/mol. The SMILES string of the molecule is Cc1ccc(OCCNS(=O)(=O)c2nnc(NC(=O)c3ccccc3C)s2)c(C)c1. The summed E-state index contributed by atoms with van der Waals surface area (Å²) in [6, 6.07) is 12.9. The molecular formula is C20H22N4O4S2. The molecule has 0 aliphatic rings. The second kappa shape index (κ2) is 9.33. The third-order valence-electron chi connectivity index (χ3n) is 4.23. The molecule has 0 radical (unpaired) electrons. The maximum absolute atomic E-state index is 12.4. The van der Waals surface area contributed by atoms with Crippen LogP contribution in [0.3, 0.4) is 0 Å². The van der Waals surface area contributed by atoms with Gasteiger partial charge in [-0.2, -0.15) is 0 Å². The number of amides is 1. The van der Waals surface area contributed by atoms with Crippen LogP contribution in [0.15, 0.2) is 46.8 Å². The second-order valence-corrected chi connectivity index (χ2v) is 9.58. The van der Waals surface area contributed by atoms with E-state index in [1.165, 1.54) is 0 Å². The van der Waals surface area contributed by atoms with Crippen LogP contribution in [-0.4, -0.2) is 37.7 Å². The molecule has 0 saturated heterocycles. The topological polar surface area (TPSA) is 110 Å². The molecule has 0 unspecified atom stereocenters. The van der Waals surface area contributed by atoms with Gasteiger partial charge in [-0.1, -0.05) is 47.2 Å². The molecule has 30 heavy (non-hydrogen) atoms. The molecule has 1 heterocycles. The van der Waals surface area contributed by atoms with Gasteiger partial charge >= 0.3 is 0 Å². The lowest BCUT2D eigenvalue weighted by Crippen LogP contribution is -2.28. The van der Waals surface area contributed by atoms with Gasteiger partial charge in [-0.3, -0.25) is 10.1 Å². The van der Waals surface area contributed by atoms with Crippen LogP contribution in [0.1, 0.15) is 27.0 Å². The molecule has 0 bridgehead atoms. The quantitative estimate of drug-likeness (QED) is 0.406. The maximum atomic E-state index is 12.4. The highest BCUT2D eigenvalue weighted by molar-refractivity contribution is 7.91. The zero-order valence-corrected chi connectivity index (χ0v) is 18.4. The van der Waals surface area contributed by atoms with Crippen LogP contribution < -0.4 is 14.8 Å². The zero-order chi connectivity index (χ0) is 21.7. The Morgan fingerprint density at radius 2 is 1.83 bits per heavy atom. The highest BCUT2D eigenvalue weighted by Gasteiger charge is 2.21. The van der Waals surface area contributed by atoms with E-state index in [2.05, 4.69) is 20.2 Å². The average Bonchev–Trinajstić information content (AvgIpc) is 3.16. The van der Waals surface area contributed by atoms with Crippen LogP contribution in [0.5, 0.6) is 5.75 Å². The molecule has 0 saturated carbocycles. The van der Waals surface area contributed by atoms with Gasteiger partial charge in [0.2, 0.25) is 9.47 Å². The van der Waals surface area contributed by atoms with Crippen LogP contribution >= 0.6 is 11.3 Å². The summed E-state index contributed by atoms with van der Waals surface area (Å²) in [7, 11) is -3.86. The fourth-order valence-corrected chi connectivity index (χ4v) is 4.67. The number of aryl methyl sites for hydroxylation is 3. The molecule has 1 aromatic heterocycles. The van der Waals surface area contributed by atoms with Crippen molar-refractivity contribution in [3.63, 3.8) is 0 Å². The second-order valence-electron chi connectivity index (χ2n) is 6.66. The summed E-state index contributed by atoms with van der Waals surface area (Å²) in [6.07, 6.45) is 0. The Labute approximate surface area is 179 Å². The molecular weight excluding hydrogens is 424 g/mol. The third kappa shape index (κ3) is 5.41. The Morgan fingerprint density at radius 3 is 2.57 bits per heavy atom. The van der Waals surface area contributed by atoms with Crippen LogP contribution in [0.25, 0.3) is 0 Å². The number of rotatable bonds is 8. The lowest BCUT2D eigenvalue weighted by atomic mass is 10.1. The van der Waals surface area contributed by atoms with Crippen molar-refractivity contribution in [2.75, 3.05) is 18.5 Å². The van der Waals surface area contributed by atoms with Gasteiger partial charge in [0.05, 0.1) is 0 Å². The van der Waals surface area contributed by atoms with Crippen LogP contribution in [0.4, 0.5) is 5.13 Å². The van der Waals surface area contributed by atoms with Crippen LogP contribution in [0.2, 0.25) is 0 Å². The molecule has 0 fully saturated rings. The Balaban J connectivity index is 1.56. The fraction of sp³-hybridized carbons (Fsp3) is 0.250. The molecule has 2 N–H and O–H groups in total. The molecule has 8 nitrogen and oxygen atoms in total. The van der Waals surface area contributed by atoms with E-state index >= 15 is 0 Å². The number of benzene rings is 2. The molecule has 2 aromatic carbocycles. The van der Waals surface area contributed by atoms with Crippen molar-refractivity contribution < 1.29 is 17.9 Å². The highest BCUT2D eigenvalue weighted by atomic mass is 32.2. The van der Waals surface area contributed by atoms with Crippen molar-refractivity contribution in [2.24, 2.45) is 0 Å². The molecule has 3 aromatic rings. The molecule has 1 amide bonds. The van der Waals surface area contributed by atoms with E-state index < -0.39 is 10.0 Å². The van der Waals surface area contributed by atoms with E-state index in [1.807, 2.05) is 51.1 Å². The first-order valence-corrected chi connectivity index (χ1v) is 11.5. The molecule has 3 rings (SSSR count). The van der Waals surface area contributed by atoms with Crippen molar-refractivity contribution in [3.05, 3.63) is 64.7 Å². The predicted octanol–water partition coefficient (Wildman–Crippen LogP) is 3.07. The Kier molecular flexibility index (Phi) is 6.80. The summed E-state index contributed by atoms with van der Waals surface area (Å²) >= 11 is 0.782. The summed E-state index contributed by atoms with van der Waals surface area (Å²) in [5.41, 5.74) is 3.40. The summed E-state index contributed by atoms with van der Waals surface area (Å²) in [5.74, 6) is 0.333. The Hall–Kier alpha value is -2.82. The summed E-state index contributed by atoms with van der Waals surface area (Å²) < 4.78 is 32.6. The standard InChI is InChI=1S/C20H22N4O4S2/c1-13-8-9-17(15(3)12-13)28-11-10-21-30(26,27)20-24-23-19(29-20)22-18(25)16-7-5-4-6-14(16)2/h4-9,12,21H,10-11H2,1-3H3,(H,22,23,25). The Morgan fingerprint density at radius 1 is 1.07 bits per heavy atom. The van der Waals surface area contributed by atoms with Crippen LogP contribution in [-0.2, 0) is 10.0 Å². The van der Waals surface area contributed by atoms with Crippen molar-refractivity contribution in [2.45, 2.75) is 25.1 Å². The summed E-state index contributed by atoms with van der Waals surface area (Å²) in [6.45, 7) is 5.97. The van der Waals surface area contributed by atoms with Crippen molar-refractivity contribution >= 4 is 32.4 Å². The number of carbonyl (C=O) groups excluding carboxylic acids is 1. The van der Waals surface area contributed by atoms with Crippen molar-refractivity contribution in [1.82, 2.24) is 14.9 Å². The van der Waals surface area contributed by atoms with E-state index in [-0.39, 0.29) is 28.5 Å². The zero-order valence-electron chi connectivity index (χ0n) is 16.8. The van der Waals surface area contributed by atoms with E-state index in [1.54, 1.807) is 12.1 Å². The lowest BCUT2D eigenvalue weighted by molar-refractivity contribution is 0.102. The lowest BCUT2D eigenvalue weighted by Gasteiger charge is -2.10. The molecule has 158 valence electrons. The molecule has 0 aliphatic heterocycles. The van der Waals surface area contributed by atoms with E-state index in [4.69, 9.17) is 4.74 Å². The normalized spacial score (nSPS) is 11.3. The number of ether oxygens (including phenoxy) is 1. The minimum atomic E-state index is -3.86. The van der Waals surface area contributed by atoms with Gasteiger partial charge < -0.3 is 4.74 Å². The first-order chi connectivity index (χ1) is 14.3. The number of anilines is 1. The van der Waals surface area contributed by atoms with Gasteiger partial charge in [0, 0.05) is 12.1 Å². The smallest absolute Gasteiger partial charge is 0.269 e. The molecule has 0 spiro atoms. The van der Waals surface area contributed by atoms with Crippen molar-refractivity contribution in [3.8, 4) is 5.75 Å². The van der Waals surface area contributed by atoms with Gasteiger partial charge in [0.1, 0.15) is 12.4 Å². The number of nitrogens with one attached hydrogen (secondary N) is 2. The number of hydrogen-bond donors (Lipinski definition) is 2. The third-order valence-corrected chi connectivity index (χ3v) is 6.90. The number of hydrogen-bond acceptors (Lipinski definition) is 7. The van der Waals surface area contributed by atoms with E-state index in [9.17, 15) is 13.2 Å². The largest absolute Gasteiger partial charge is 0.492 e. The van der Waals surface area contributed by atoms with Crippen molar-refractivity contribution in [1.29, 1.82) is 0 Å². The number of carbonyl (C=O) groups is 1. The first-order valence-electron chi connectivity index (χ1n) is 9.16. The number of aromatic nitrogens is 2. The van der Waals surface area contributed by atoms with Crippen LogP contribution in [0, 0.1) is 20.8 Å². The van der Waals surface area contributed by atoms with E-state index in [0.717, 1.165) is 28.0 Å². The average molecular weight is 447 g/mol.